The fraction of sp³-hybridized carbons (Fsp3) is 0.889. The first-order chi connectivity index (χ1) is 6.22. The number of thioether (sulfide) groups is 1. The van der Waals surface area contributed by atoms with E-state index in [9.17, 15) is 4.79 Å². The Morgan fingerprint density at radius 3 is 2.77 bits per heavy atom. The average Bonchev–Trinajstić information content (AvgIpc) is 2.14. The van der Waals surface area contributed by atoms with Crippen LogP contribution in [0.4, 0.5) is 4.79 Å². The van der Waals surface area contributed by atoms with Crippen molar-refractivity contribution in [3.63, 3.8) is 0 Å². The molecule has 0 radical (unpaired) electrons. The summed E-state index contributed by atoms with van der Waals surface area (Å²) in [5, 5.41) is 2.87. The second kappa shape index (κ2) is 8.23. The van der Waals surface area contributed by atoms with Crippen LogP contribution in [0.15, 0.2) is 0 Å². The number of hydrogen-bond donors (Lipinski definition) is 1. The van der Waals surface area contributed by atoms with Crippen LogP contribution >= 0.6 is 11.8 Å². The minimum Gasteiger partial charge on any atom is -0.338 e. The topological polar surface area (TPSA) is 32.3 Å². The molecule has 0 rings (SSSR count). The molecule has 0 fully saturated rings. The zero-order valence-corrected chi connectivity index (χ0v) is 9.62. The Kier molecular flexibility index (Phi) is 7.99. The summed E-state index contributed by atoms with van der Waals surface area (Å²) in [6, 6.07) is 0.0440. The lowest BCUT2D eigenvalue weighted by Crippen LogP contribution is -2.38. The smallest absolute Gasteiger partial charge is 0.317 e. The molecule has 0 saturated carbocycles. The summed E-state index contributed by atoms with van der Waals surface area (Å²) < 4.78 is 0. The van der Waals surface area contributed by atoms with Crippen LogP contribution in [0.1, 0.15) is 19.8 Å². The number of carbonyl (C=O) groups excluding carboxylic acids is 1. The molecule has 3 nitrogen and oxygen atoms in total. The monoisotopic (exact) mass is 204 g/mol. The molecule has 13 heavy (non-hydrogen) atoms. The number of nitrogens with one attached hydrogen (secondary N) is 1. The zero-order valence-electron chi connectivity index (χ0n) is 8.80. The molecular formula is C9H20N2OS. The van der Waals surface area contributed by atoms with Crippen molar-refractivity contribution in [3.8, 4) is 0 Å². The third-order valence-corrected chi connectivity index (χ3v) is 2.37. The molecule has 0 aromatic rings. The van der Waals surface area contributed by atoms with Crippen molar-refractivity contribution in [2.24, 2.45) is 0 Å². The highest BCUT2D eigenvalue weighted by atomic mass is 32.2. The van der Waals surface area contributed by atoms with E-state index in [-0.39, 0.29) is 6.03 Å². The molecular weight excluding hydrogens is 184 g/mol. The van der Waals surface area contributed by atoms with Gasteiger partial charge < -0.3 is 10.2 Å². The lowest BCUT2D eigenvalue weighted by molar-refractivity contribution is 0.211. The number of rotatable bonds is 6. The predicted molar refractivity (Wildman–Crippen MR) is 59.3 cm³/mol. The second-order valence-electron chi connectivity index (χ2n) is 3.00. The summed E-state index contributed by atoms with van der Waals surface area (Å²) in [6.07, 6.45) is 4.22. The van der Waals surface area contributed by atoms with Gasteiger partial charge in [0.25, 0.3) is 0 Å². The highest BCUT2D eigenvalue weighted by Crippen LogP contribution is 1.93. The van der Waals surface area contributed by atoms with Gasteiger partial charge in [-0.05, 0) is 12.7 Å². The summed E-state index contributed by atoms with van der Waals surface area (Å²) in [7, 11) is 1.83. The van der Waals surface area contributed by atoms with E-state index in [1.54, 1.807) is 16.7 Å². The quantitative estimate of drug-likeness (QED) is 0.669. The van der Waals surface area contributed by atoms with Gasteiger partial charge in [0.1, 0.15) is 0 Å². The number of urea groups is 1. The van der Waals surface area contributed by atoms with E-state index in [1.165, 1.54) is 0 Å². The minimum absolute atomic E-state index is 0.0440. The maximum atomic E-state index is 11.3. The summed E-state index contributed by atoms with van der Waals surface area (Å²) in [6.45, 7) is 3.72. The molecule has 78 valence electrons. The van der Waals surface area contributed by atoms with Crippen molar-refractivity contribution in [1.29, 1.82) is 0 Å². The van der Waals surface area contributed by atoms with Crippen molar-refractivity contribution in [3.05, 3.63) is 0 Å². The molecule has 0 aromatic heterocycles. The SMILES string of the molecule is CCCCNC(=O)N(C)CCSC. The van der Waals surface area contributed by atoms with Crippen LogP contribution in [0.5, 0.6) is 0 Å². The zero-order chi connectivity index (χ0) is 10.1. The number of carbonyl (C=O) groups is 1. The van der Waals surface area contributed by atoms with Gasteiger partial charge in [-0.1, -0.05) is 13.3 Å². The Bertz CT molecular complexity index is 142. The van der Waals surface area contributed by atoms with Crippen LogP contribution in [-0.2, 0) is 0 Å². The molecule has 0 spiro atoms. The Hall–Kier alpha value is -0.380. The number of amides is 2. The van der Waals surface area contributed by atoms with E-state index in [2.05, 4.69) is 12.2 Å². The molecule has 0 unspecified atom stereocenters. The van der Waals surface area contributed by atoms with E-state index in [0.29, 0.717) is 0 Å². The van der Waals surface area contributed by atoms with Crippen LogP contribution in [-0.4, -0.2) is 43.1 Å². The van der Waals surface area contributed by atoms with Crippen molar-refractivity contribution in [2.75, 3.05) is 32.1 Å². The maximum Gasteiger partial charge on any atom is 0.317 e. The Labute approximate surface area is 85.3 Å². The average molecular weight is 204 g/mol. The molecule has 0 saturated heterocycles. The highest BCUT2D eigenvalue weighted by Gasteiger charge is 2.05. The standard InChI is InChI=1S/C9H20N2OS/c1-4-5-6-10-9(12)11(2)7-8-13-3/h4-8H2,1-3H3,(H,10,12). The maximum absolute atomic E-state index is 11.3. The predicted octanol–water partition coefficient (Wildman–Crippen LogP) is 1.79. The Morgan fingerprint density at radius 1 is 1.54 bits per heavy atom. The fourth-order valence-electron chi connectivity index (χ4n) is 0.837. The molecule has 0 aliphatic rings. The number of hydrogen-bond acceptors (Lipinski definition) is 2. The first kappa shape index (κ1) is 12.6. The van der Waals surface area contributed by atoms with E-state index in [0.717, 1.165) is 31.7 Å². The van der Waals surface area contributed by atoms with Gasteiger partial charge in [-0.15, -0.1) is 0 Å². The van der Waals surface area contributed by atoms with Crippen LogP contribution in [0.2, 0.25) is 0 Å². The Balaban J connectivity index is 3.45. The molecule has 0 atom stereocenters. The summed E-state index contributed by atoms with van der Waals surface area (Å²) >= 11 is 1.75. The molecule has 1 N–H and O–H groups in total. The molecule has 0 aromatic carbocycles. The normalized spacial score (nSPS) is 9.77. The molecule has 4 heteroatoms. The van der Waals surface area contributed by atoms with Gasteiger partial charge in [-0.25, -0.2) is 4.79 Å². The van der Waals surface area contributed by atoms with Gasteiger partial charge in [-0.3, -0.25) is 0 Å². The number of unbranched alkanes of at least 4 members (excludes halogenated alkanes) is 1. The first-order valence-electron chi connectivity index (χ1n) is 4.70. The van der Waals surface area contributed by atoms with Gasteiger partial charge >= 0.3 is 6.03 Å². The van der Waals surface area contributed by atoms with E-state index >= 15 is 0 Å². The lowest BCUT2D eigenvalue weighted by atomic mass is 10.3. The van der Waals surface area contributed by atoms with Crippen LogP contribution in [0.25, 0.3) is 0 Å². The molecule has 0 heterocycles. The third kappa shape index (κ3) is 6.75. The first-order valence-corrected chi connectivity index (χ1v) is 6.09. The summed E-state index contributed by atoms with van der Waals surface area (Å²) in [4.78, 5) is 13.1. The van der Waals surface area contributed by atoms with E-state index < -0.39 is 0 Å². The molecule has 0 aliphatic heterocycles. The van der Waals surface area contributed by atoms with Crippen molar-refractivity contribution in [1.82, 2.24) is 10.2 Å². The van der Waals surface area contributed by atoms with Crippen molar-refractivity contribution < 1.29 is 4.79 Å². The molecule has 0 aliphatic carbocycles. The van der Waals surface area contributed by atoms with E-state index in [4.69, 9.17) is 0 Å². The number of nitrogens with zero attached hydrogens (tertiary/aromatic N) is 1. The Morgan fingerprint density at radius 2 is 2.23 bits per heavy atom. The minimum atomic E-state index is 0.0440. The van der Waals surface area contributed by atoms with Crippen LogP contribution in [0.3, 0.4) is 0 Å². The molecule has 2 amide bonds. The highest BCUT2D eigenvalue weighted by molar-refractivity contribution is 7.98. The van der Waals surface area contributed by atoms with Gasteiger partial charge in [0.05, 0.1) is 0 Å². The summed E-state index contributed by atoms with van der Waals surface area (Å²) in [5.74, 6) is 0.998. The fourth-order valence-corrected chi connectivity index (χ4v) is 1.29. The van der Waals surface area contributed by atoms with Gasteiger partial charge in [0.15, 0.2) is 0 Å². The van der Waals surface area contributed by atoms with Crippen molar-refractivity contribution in [2.45, 2.75) is 19.8 Å². The summed E-state index contributed by atoms with van der Waals surface area (Å²) in [5.41, 5.74) is 0. The third-order valence-electron chi connectivity index (χ3n) is 1.78. The van der Waals surface area contributed by atoms with E-state index in [1.807, 2.05) is 13.3 Å². The molecule has 0 bridgehead atoms. The van der Waals surface area contributed by atoms with Gasteiger partial charge in [-0.2, -0.15) is 11.8 Å². The lowest BCUT2D eigenvalue weighted by Gasteiger charge is -2.16. The largest absolute Gasteiger partial charge is 0.338 e. The van der Waals surface area contributed by atoms with Crippen LogP contribution in [0, 0.1) is 0 Å². The van der Waals surface area contributed by atoms with Crippen LogP contribution < -0.4 is 5.32 Å². The van der Waals surface area contributed by atoms with Gasteiger partial charge in [0, 0.05) is 25.9 Å². The second-order valence-corrected chi connectivity index (χ2v) is 3.99. The van der Waals surface area contributed by atoms with Crippen molar-refractivity contribution >= 4 is 17.8 Å². The van der Waals surface area contributed by atoms with Gasteiger partial charge in [0.2, 0.25) is 0 Å².